The molecule has 0 aromatic heterocycles. The summed E-state index contributed by atoms with van der Waals surface area (Å²) in [4.78, 5) is 14.9. The number of nitrogens with one attached hydrogen (secondary N) is 1. The molecule has 1 aromatic carbocycles. The maximum atomic E-state index is 10.8. The standard InChI is InChI=1S/C15H18N4O2/c20-19(21)14-6-4-13(5-7-14)18-10-2-1-3-15(18)17-11-8-16-9-12-17/h1-7,16H,8-12H2. The van der Waals surface area contributed by atoms with Crippen LogP contribution in [0.1, 0.15) is 0 Å². The van der Waals surface area contributed by atoms with Gasteiger partial charge in [0.1, 0.15) is 5.82 Å². The molecular weight excluding hydrogens is 268 g/mol. The minimum Gasteiger partial charge on any atom is -0.355 e. The number of rotatable bonds is 3. The molecule has 0 amide bonds. The first kappa shape index (κ1) is 13.6. The highest BCUT2D eigenvalue weighted by atomic mass is 16.6. The van der Waals surface area contributed by atoms with Gasteiger partial charge < -0.3 is 15.1 Å². The second-order valence-corrected chi connectivity index (χ2v) is 5.07. The van der Waals surface area contributed by atoms with Crippen molar-refractivity contribution in [2.24, 2.45) is 0 Å². The van der Waals surface area contributed by atoms with Crippen LogP contribution in [0, 0.1) is 10.1 Å². The van der Waals surface area contributed by atoms with E-state index in [0.29, 0.717) is 0 Å². The highest BCUT2D eigenvalue weighted by Crippen LogP contribution is 2.26. The summed E-state index contributed by atoms with van der Waals surface area (Å²) in [5.74, 6) is 1.16. The van der Waals surface area contributed by atoms with Gasteiger partial charge in [-0.15, -0.1) is 0 Å². The molecule has 0 spiro atoms. The molecule has 2 aliphatic heterocycles. The highest BCUT2D eigenvalue weighted by molar-refractivity contribution is 5.57. The van der Waals surface area contributed by atoms with Crippen molar-refractivity contribution >= 4 is 11.4 Å². The number of allylic oxidation sites excluding steroid dienone is 2. The van der Waals surface area contributed by atoms with Crippen molar-refractivity contribution in [1.82, 2.24) is 10.2 Å². The summed E-state index contributed by atoms with van der Waals surface area (Å²) in [6.07, 6.45) is 6.27. The minimum atomic E-state index is -0.368. The van der Waals surface area contributed by atoms with Crippen LogP contribution in [0.15, 0.2) is 48.3 Å². The molecule has 2 aliphatic rings. The third kappa shape index (κ3) is 2.90. The Labute approximate surface area is 123 Å². The van der Waals surface area contributed by atoms with Gasteiger partial charge >= 0.3 is 0 Å². The Morgan fingerprint density at radius 2 is 1.86 bits per heavy atom. The summed E-state index contributed by atoms with van der Waals surface area (Å²) in [6.45, 7) is 4.70. The van der Waals surface area contributed by atoms with Crippen molar-refractivity contribution < 1.29 is 4.92 Å². The maximum Gasteiger partial charge on any atom is 0.269 e. The van der Waals surface area contributed by atoms with E-state index < -0.39 is 0 Å². The number of benzene rings is 1. The zero-order valence-corrected chi connectivity index (χ0v) is 11.7. The van der Waals surface area contributed by atoms with Crippen LogP contribution in [-0.4, -0.2) is 42.5 Å². The number of nitro groups is 1. The highest BCUT2D eigenvalue weighted by Gasteiger charge is 2.21. The lowest BCUT2D eigenvalue weighted by Gasteiger charge is -2.39. The number of anilines is 1. The fourth-order valence-electron chi connectivity index (χ4n) is 2.67. The van der Waals surface area contributed by atoms with Gasteiger partial charge in [0.25, 0.3) is 5.69 Å². The van der Waals surface area contributed by atoms with Gasteiger partial charge in [0, 0.05) is 50.5 Å². The Hall–Kier alpha value is -2.34. The predicted octanol–water partition coefficient (Wildman–Crippen LogP) is 1.72. The largest absolute Gasteiger partial charge is 0.355 e. The Kier molecular flexibility index (Phi) is 3.87. The monoisotopic (exact) mass is 286 g/mol. The van der Waals surface area contributed by atoms with Gasteiger partial charge in [0.15, 0.2) is 0 Å². The first-order valence-corrected chi connectivity index (χ1v) is 7.10. The van der Waals surface area contributed by atoms with Crippen LogP contribution in [0.25, 0.3) is 0 Å². The Bertz CT molecular complexity index is 574. The summed E-state index contributed by atoms with van der Waals surface area (Å²) in [6, 6.07) is 6.74. The molecule has 0 atom stereocenters. The minimum absolute atomic E-state index is 0.124. The molecule has 0 unspecified atom stereocenters. The van der Waals surface area contributed by atoms with E-state index >= 15 is 0 Å². The lowest BCUT2D eigenvalue weighted by molar-refractivity contribution is -0.384. The SMILES string of the molecule is O=[N+]([O-])c1ccc(N2CC=CC=C2N2CCNCC2)cc1. The molecule has 21 heavy (non-hydrogen) atoms. The van der Waals surface area contributed by atoms with Crippen LogP contribution in [0.3, 0.4) is 0 Å². The quantitative estimate of drug-likeness (QED) is 0.677. The molecule has 6 heteroatoms. The molecular formula is C15H18N4O2. The van der Waals surface area contributed by atoms with Crippen molar-refractivity contribution in [3.8, 4) is 0 Å². The van der Waals surface area contributed by atoms with Gasteiger partial charge in [0.2, 0.25) is 0 Å². The number of hydrogen-bond acceptors (Lipinski definition) is 5. The van der Waals surface area contributed by atoms with E-state index in [1.807, 2.05) is 12.1 Å². The average molecular weight is 286 g/mol. The van der Waals surface area contributed by atoms with Gasteiger partial charge in [0.05, 0.1) is 4.92 Å². The third-order valence-electron chi connectivity index (χ3n) is 3.76. The molecule has 1 N–H and O–H groups in total. The average Bonchev–Trinajstić information content (AvgIpc) is 2.56. The van der Waals surface area contributed by atoms with Gasteiger partial charge in [-0.2, -0.15) is 0 Å². The second kappa shape index (κ2) is 5.97. The summed E-state index contributed by atoms with van der Waals surface area (Å²) >= 11 is 0. The van der Waals surface area contributed by atoms with Crippen molar-refractivity contribution in [3.05, 3.63) is 58.4 Å². The smallest absolute Gasteiger partial charge is 0.269 e. The predicted molar refractivity (Wildman–Crippen MR) is 82.1 cm³/mol. The van der Waals surface area contributed by atoms with Crippen LogP contribution in [0.5, 0.6) is 0 Å². The van der Waals surface area contributed by atoms with Crippen LogP contribution < -0.4 is 10.2 Å². The number of piperazine rings is 1. The summed E-state index contributed by atoms with van der Waals surface area (Å²) < 4.78 is 0. The molecule has 0 radical (unpaired) electrons. The third-order valence-corrected chi connectivity index (χ3v) is 3.76. The van der Waals surface area contributed by atoms with E-state index in [2.05, 4.69) is 33.3 Å². The molecule has 0 aliphatic carbocycles. The van der Waals surface area contributed by atoms with Crippen LogP contribution in [-0.2, 0) is 0 Å². The van der Waals surface area contributed by atoms with E-state index in [4.69, 9.17) is 0 Å². The Morgan fingerprint density at radius 3 is 2.52 bits per heavy atom. The maximum absolute atomic E-state index is 10.8. The molecule has 3 rings (SSSR count). The van der Waals surface area contributed by atoms with E-state index in [0.717, 1.165) is 44.2 Å². The normalized spacial score (nSPS) is 18.6. The van der Waals surface area contributed by atoms with Crippen LogP contribution in [0.4, 0.5) is 11.4 Å². The first-order chi connectivity index (χ1) is 10.3. The topological polar surface area (TPSA) is 61.7 Å². The van der Waals surface area contributed by atoms with Gasteiger partial charge in [-0.05, 0) is 18.2 Å². The van der Waals surface area contributed by atoms with Gasteiger partial charge in [-0.1, -0.05) is 12.2 Å². The van der Waals surface area contributed by atoms with Gasteiger partial charge in [-0.3, -0.25) is 10.1 Å². The number of hydrogen-bond donors (Lipinski definition) is 1. The molecule has 6 nitrogen and oxygen atoms in total. The van der Waals surface area contributed by atoms with Crippen LogP contribution >= 0.6 is 0 Å². The molecule has 0 bridgehead atoms. The zero-order valence-electron chi connectivity index (χ0n) is 11.7. The number of nitrogens with zero attached hydrogens (tertiary/aromatic N) is 3. The van der Waals surface area contributed by atoms with Crippen molar-refractivity contribution in [2.75, 3.05) is 37.6 Å². The summed E-state index contributed by atoms with van der Waals surface area (Å²) in [7, 11) is 0. The first-order valence-electron chi connectivity index (χ1n) is 7.10. The second-order valence-electron chi connectivity index (χ2n) is 5.07. The molecule has 2 heterocycles. The van der Waals surface area contributed by atoms with E-state index in [9.17, 15) is 10.1 Å². The van der Waals surface area contributed by atoms with Crippen molar-refractivity contribution in [1.29, 1.82) is 0 Å². The number of nitro benzene ring substituents is 1. The molecule has 110 valence electrons. The Balaban J connectivity index is 1.83. The number of non-ortho nitro benzene ring substituents is 1. The van der Waals surface area contributed by atoms with E-state index in [-0.39, 0.29) is 10.6 Å². The molecule has 0 saturated carbocycles. The van der Waals surface area contributed by atoms with E-state index in [1.54, 1.807) is 12.1 Å². The summed E-state index contributed by atoms with van der Waals surface area (Å²) in [5.41, 5.74) is 1.11. The molecule has 1 aromatic rings. The van der Waals surface area contributed by atoms with Gasteiger partial charge in [-0.25, -0.2) is 0 Å². The fourth-order valence-corrected chi connectivity index (χ4v) is 2.67. The van der Waals surface area contributed by atoms with E-state index in [1.165, 1.54) is 0 Å². The van der Waals surface area contributed by atoms with Crippen molar-refractivity contribution in [2.45, 2.75) is 0 Å². The summed E-state index contributed by atoms with van der Waals surface area (Å²) in [5, 5.41) is 14.1. The zero-order chi connectivity index (χ0) is 14.7. The molecule has 1 saturated heterocycles. The fraction of sp³-hybridized carbons (Fsp3) is 0.333. The lowest BCUT2D eigenvalue weighted by atomic mass is 10.2. The van der Waals surface area contributed by atoms with Crippen LogP contribution in [0.2, 0.25) is 0 Å². The Morgan fingerprint density at radius 1 is 1.14 bits per heavy atom. The lowest BCUT2D eigenvalue weighted by Crippen LogP contribution is -2.47. The molecule has 1 fully saturated rings. The van der Waals surface area contributed by atoms with Crippen molar-refractivity contribution in [3.63, 3.8) is 0 Å².